The summed E-state index contributed by atoms with van der Waals surface area (Å²) in [6.07, 6.45) is 1.29. The summed E-state index contributed by atoms with van der Waals surface area (Å²) in [5.41, 5.74) is 0.959. The molecule has 1 fully saturated rings. The molecule has 0 aliphatic heterocycles. The molecule has 0 spiro atoms. The zero-order chi connectivity index (χ0) is 17.1. The van der Waals surface area contributed by atoms with E-state index in [1.807, 2.05) is 26.0 Å². The van der Waals surface area contributed by atoms with E-state index in [4.69, 9.17) is 27.9 Å². The summed E-state index contributed by atoms with van der Waals surface area (Å²) in [4.78, 5) is 24.2. The Labute approximate surface area is 146 Å². The summed E-state index contributed by atoms with van der Waals surface area (Å²) in [6.45, 7) is 3.99. The number of methoxy groups -OCH3 is 1. The lowest BCUT2D eigenvalue weighted by Gasteiger charge is -2.18. The zero-order valence-corrected chi connectivity index (χ0v) is 14.9. The van der Waals surface area contributed by atoms with Crippen molar-refractivity contribution < 1.29 is 14.3 Å². The van der Waals surface area contributed by atoms with Gasteiger partial charge in [0.1, 0.15) is 6.04 Å². The Hall–Kier alpha value is -1.26. The van der Waals surface area contributed by atoms with E-state index < -0.39 is 12.0 Å². The van der Waals surface area contributed by atoms with Crippen LogP contribution >= 0.6 is 23.2 Å². The first-order valence-corrected chi connectivity index (χ1v) is 8.41. The van der Waals surface area contributed by atoms with Gasteiger partial charge in [-0.15, -0.1) is 0 Å². The number of nitrogens with one attached hydrogen (secondary N) is 1. The van der Waals surface area contributed by atoms with E-state index >= 15 is 0 Å². The highest BCUT2D eigenvalue weighted by atomic mass is 35.5. The van der Waals surface area contributed by atoms with Crippen LogP contribution in [-0.2, 0) is 14.3 Å². The Kier molecular flexibility index (Phi) is 5.93. The Morgan fingerprint density at radius 2 is 1.87 bits per heavy atom. The van der Waals surface area contributed by atoms with E-state index in [2.05, 4.69) is 5.32 Å². The SMILES string of the molecule is COC(=O)C(CC(C)C)NC(=O)C1CC1c1cc(Cl)cc(Cl)c1. The van der Waals surface area contributed by atoms with E-state index in [0.717, 1.165) is 12.0 Å². The number of hydrogen-bond donors (Lipinski definition) is 1. The van der Waals surface area contributed by atoms with Crippen LogP contribution in [0.15, 0.2) is 18.2 Å². The molecular formula is C17H21Cl2NO3. The lowest BCUT2D eigenvalue weighted by atomic mass is 10.0. The largest absolute Gasteiger partial charge is 0.467 e. The summed E-state index contributed by atoms with van der Waals surface area (Å²) >= 11 is 12.0. The van der Waals surface area contributed by atoms with Crippen molar-refractivity contribution in [2.45, 2.75) is 38.6 Å². The number of benzene rings is 1. The van der Waals surface area contributed by atoms with E-state index in [1.165, 1.54) is 7.11 Å². The zero-order valence-electron chi connectivity index (χ0n) is 13.4. The monoisotopic (exact) mass is 357 g/mol. The van der Waals surface area contributed by atoms with Crippen LogP contribution in [0.1, 0.15) is 38.2 Å². The van der Waals surface area contributed by atoms with Gasteiger partial charge in [-0.3, -0.25) is 4.79 Å². The second-order valence-electron chi connectivity index (χ2n) is 6.37. The molecule has 1 aromatic carbocycles. The van der Waals surface area contributed by atoms with Crippen LogP contribution in [-0.4, -0.2) is 25.0 Å². The first-order chi connectivity index (χ1) is 10.8. The van der Waals surface area contributed by atoms with Crippen LogP contribution in [0.3, 0.4) is 0 Å². The summed E-state index contributed by atoms with van der Waals surface area (Å²) in [6, 6.07) is 4.73. The fourth-order valence-corrected chi connectivity index (χ4v) is 3.29. The van der Waals surface area contributed by atoms with E-state index in [0.29, 0.717) is 16.5 Å². The average molecular weight is 358 g/mol. The lowest BCUT2D eigenvalue weighted by molar-refractivity contribution is -0.145. The highest BCUT2D eigenvalue weighted by Crippen LogP contribution is 2.48. The molecule has 6 heteroatoms. The quantitative estimate of drug-likeness (QED) is 0.787. The van der Waals surface area contributed by atoms with Crippen molar-refractivity contribution in [1.29, 1.82) is 0 Å². The third-order valence-corrected chi connectivity index (χ3v) is 4.39. The fraction of sp³-hybridized carbons (Fsp3) is 0.529. The number of ether oxygens (including phenoxy) is 1. The molecule has 0 saturated heterocycles. The molecule has 1 amide bonds. The number of carbonyl (C=O) groups excluding carboxylic acids is 2. The molecule has 1 aliphatic rings. The van der Waals surface area contributed by atoms with Crippen LogP contribution in [0.4, 0.5) is 0 Å². The van der Waals surface area contributed by atoms with Crippen molar-refractivity contribution in [3.63, 3.8) is 0 Å². The molecular weight excluding hydrogens is 337 g/mol. The highest BCUT2D eigenvalue weighted by molar-refractivity contribution is 6.34. The van der Waals surface area contributed by atoms with Crippen molar-refractivity contribution >= 4 is 35.1 Å². The molecule has 23 heavy (non-hydrogen) atoms. The summed E-state index contributed by atoms with van der Waals surface area (Å²) in [5.74, 6) is -0.300. The van der Waals surface area contributed by atoms with Crippen molar-refractivity contribution in [3.05, 3.63) is 33.8 Å². The highest BCUT2D eigenvalue weighted by Gasteiger charge is 2.45. The van der Waals surface area contributed by atoms with E-state index in [1.54, 1.807) is 6.07 Å². The molecule has 4 nitrogen and oxygen atoms in total. The molecule has 0 heterocycles. The second-order valence-corrected chi connectivity index (χ2v) is 7.24. The molecule has 1 aromatic rings. The molecule has 1 saturated carbocycles. The number of hydrogen-bond acceptors (Lipinski definition) is 3. The third-order valence-electron chi connectivity index (χ3n) is 3.95. The molecule has 2 rings (SSSR count). The number of esters is 1. The van der Waals surface area contributed by atoms with E-state index in [-0.39, 0.29) is 23.7 Å². The molecule has 0 radical (unpaired) electrons. The molecule has 3 unspecified atom stereocenters. The number of carbonyl (C=O) groups is 2. The summed E-state index contributed by atoms with van der Waals surface area (Å²) in [7, 11) is 1.33. The van der Waals surface area contributed by atoms with Gasteiger partial charge in [-0.1, -0.05) is 37.0 Å². The first kappa shape index (κ1) is 18.1. The van der Waals surface area contributed by atoms with E-state index in [9.17, 15) is 9.59 Å². The molecule has 126 valence electrons. The van der Waals surface area contributed by atoms with Crippen LogP contribution in [0, 0.1) is 11.8 Å². The van der Waals surface area contributed by atoms with Gasteiger partial charge < -0.3 is 10.1 Å². The van der Waals surface area contributed by atoms with Gasteiger partial charge in [-0.2, -0.15) is 0 Å². The first-order valence-electron chi connectivity index (χ1n) is 7.66. The van der Waals surface area contributed by atoms with Crippen molar-refractivity contribution in [2.24, 2.45) is 11.8 Å². The fourth-order valence-electron chi connectivity index (χ4n) is 2.75. The lowest BCUT2D eigenvalue weighted by Crippen LogP contribution is -2.43. The Balaban J connectivity index is 2.00. The van der Waals surface area contributed by atoms with Gasteiger partial charge in [0, 0.05) is 16.0 Å². The van der Waals surface area contributed by atoms with Gasteiger partial charge in [-0.05, 0) is 48.4 Å². The smallest absolute Gasteiger partial charge is 0.328 e. The summed E-state index contributed by atoms with van der Waals surface area (Å²) < 4.78 is 4.77. The molecule has 1 aliphatic carbocycles. The molecule has 0 aromatic heterocycles. The number of amides is 1. The predicted octanol–water partition coefficient (Wildman–Crippen LogP) is 3.80. The van der Waals surface area contributed by atoms with Gasteiger partial charge in [0.05, 0.1) is 7.11 Å². The van der Waals surface area contributed by atoms with Gasteiger partial charge >= 0.3 is 5.97 Å². The van der Waals surface area contributed by atoms with Gasteiger partial charge in [0.15, 0.2) is 0 Å². The van der Waals surface area contributed by atoms with Crippen LogP contribution in [0.2, 0.25) is 10.0 Å². The summed E-state index contributed by atoms with van der Waals surface area (Å²) in [5, 5.41) is 3.93. The number of halogens is 2. The molecule has 3 atom stereocenters. The predicted molar refractivity (Wildman–Crippen MR) is 90.7 cm³/mol. The van der Waals surface area contributed by atoms with Crippen molar-refractivity contribution in [1.82, 2.24) is 5.32 Å². The van der Waals surface area contributed by atoms with Gasteiger partial charge in [0.25, 0.3) is 0 Å². The van der Waals surface area contributed by atoms with Crippen molar-refractivity contribution in [3.8, 4) is 0 Å². The Morgan fingerprint density at radius 3 is 2.39 bits per heavy atom. The van der Waals surface area contributed by atoms with Crippen LogP contribution < -0.4 is 5.32 Å². The molecule has 1 N–H and O–H groups in total. The minimum atomic E-state index is -0.600. The topological polar surface area (TPSA) is 55.4 Å². The number of rotatable bonds is 6. The van der Waals surface area contributed by atoms with Crippen molar-refractivity contribution in [2.75, 3.05) is 7.11 Å². The molecule has 0 bridgehead atoms. The van der Waals surface area contributed by atoms with Gasteiger partial charge in [-0.25, -0.2) is 4.79 Å². The van der Waals surface area contributed by atoms with Gasteiger partial charge in [0.2, 0.25) is 5.91 Å². The minimum absolute atomic E-state index is 0.101. The normalized spacial score (nSPS) is 21.0. The maximum atomic E-state index is 12.4. The second kappa shape index (κ2) is 7.54. The third kappa shape index (κ3) is 4.85. The maximum absolute atomic E-state index is 12.4. The Morgan fingerprint density at radius 1 is 1.26 bits per heavy atom. The Bertz CT molecular complexity index is 583. The minimum Gasteiger partial charge on any atom is -0.467 e. The standard InChI is InChI=1S/C17H21Cl2NO3/c1-9(2)4-15(17(22)23-3)20-16(21)14-8-13(14)10-5-11(18)7-12(19)6-10/h5-7,9,13-15H,4,8H2,1-3H3,(H,20,21). The van der Waals surface area contributed by atoms with Crippen LogP contribution in [0.5, 0.6) is 0 Å². The average Bonchev–Trinajstić information content (AvgIpc) is 3.24. The van der Waals surface area contributed by atoms with Crippen LogP contribution in [0.25, 0.3) is 0 Å². The maximum Gasteiger partial charge on any atom is 0.328 e.